The van der Waals surface area contributed by atoms with Crippen LogP contribution in [0.2, 0.25) is 0 Å². The van der Waals surface area contributed by atoms with E-state index < -0.39 is 0 Å². The molecule has 1 aliphatic rings. The molecule has 1 atom stereocenters. The SMILES string of the molecule is CN(CCNCCC(C)(C)C)CC1CCCOC1. The summed E-state index contributed by atoms with van der Waals surface area (Å²) in [7, 11) is 2.22. The quantitative estimate of drug-likeness (QED) is 0.708. The Labute approximate surface area is 113 Å². The van der Waals surface area contributed by atoms with Crippen molar-refractivity contribution in [2.75, 3.05) is 46.4 Å². The summed E-state index contributed by atoms with van der Waals surface area (Å²) < 4.78 is 5.52. The van der Waals surface area contributed by atoms with Crippen LogP contribution in [0.5, 0.6) is 0 Å². The minimum absolute atomic E-state index is 0.443. The van der Waals surface area contributed by atoms with Crippen molar-refractivity contribution in [2.24, 2.45) is 11.3 Å². The molecule has 3 nitrogen and oxygen atoms in total. The second-order valence-corrected chi connectivity index (χ2v) is 6.91. The van der Waals surface area contributed by atoms with Gasteiger partial charge in [0.15, 0.2) is 0 Å². The molecular weight excluding hydrogens is 224 g/mol. The summed E-state index contributed by atoms with van der Waals surface area (Å²) in [6.45, 7) is 13.4. The van der Waals surface area contributed by atoms with Gasteiger partial charge in [-0.25, -0.2) is 0 Å². The topological polar surface area (TPSA) is 24.5 Å². The maximum atomic E-state index is 5.52. The molecule has 0 radical (unpaired) electrons. The lowest BCUT2D eigenvalue weighted by atomic mass is 9.92. The molecule has 0 spiro atoms. The van der Waals surface area contributed by atoms with Gasteiger partial charge >= 0.3 is 0 Å². The van der Waals surface area contributed by atoms with Gasteiger partial charge in [0.1, 0.15) is 0 Å². The van der Waals surface area contributed by atoms with Crippen LogP contribution in [-0.2, 0) is 4.74 Å². The molecule has 0 aliphatic carbocycles. The van der Waals surface area contributed by atoms with E-state index in [4.69, 9.17) is 4.74 Å². The van der Waals surface area contributed by atoms with Gasteiger partial charge in [0.05, 0.1) is 6.61 Å². The molecule has 108 valence electrons. The van der Waals surface area contributed by atoms with Crippen LogP contribution in [0.25, 0.3) is 0 Å². The van der Waals surface area contributed by atoms with Crippen molar-refractivity contribution in [1.29, 1.82) is 0 Å². The lowest BCUT2D eigenvalue weighted by Crippen LogP contribution is -2.35. The van der Waals surface area contributed by atoms with Crippen LogP contribution in [0.15, 0.2) is 0 Å². The summed E-state index contributed by atoms with van der Waals surface area (Å²) in [6.07, 6.45) is 3.82. The zero-order valence-corrected chi connectivity index (χ0v) is 12.8. The first-order valence-corrected chi connectivity index (χ1v) is 7.44. The summed E-state index contributed by atoms with van der Waals surface area (Å²) in [5.74, 6) is 0.748. The molecule has 1 saturated heterocycles. The zero-order chi connectivity index (χ0) is 13.4. The van der Waals surface area contributed by atoms with Crippen LogP contribution in [-0.4, -0.2) is 51.3 Å². The summed E-state index contributed by atoms with van der Waals surface area (Å²) in [4.78, 5) is 2.43. The normalized spacial score (nSPS) is 21.5. The molecule has 0 aromatic rings. The van der Waals surface area contributed by atoms with Crippen molar-refractivity contribution in [2.45, 2.75) is 40.0 Å². The monoisotopic (exact) mass is 256 g/mol. The number of hydrogen-bond donors (Lipinski definition) is 1. The largest absolute Gasteiger partial charge is 0.381 e. The van der Waals surface area contributed by atoms with Gasteiger partial charge in [-0.15, -0.1) is 0 Å². The van der Waals surface area contributed by atoms with E-state index in [-0.39, 0.29) is 0 Å². The fourth-order valence-corrected chi connectivity index (χ4v) is 2.34. The fourth-order valence-electron chi connectivity index (χ4n) is 2.34. The van der Waals surface area contributed by atoms with Crippen LogP contribution in [0.1, 0.15) is 40.0 Å². The maximum absolute atomic E-state index is 5.52. The Balaban J connectivity index is 1.97. The third-order valence-corrected chi connectivity index (χ3v) is 3.55. The van der Waals surface area contributed by atoms with Gasteiger partial charge in [-0.05, 0) is 44.2 Å². The van der Waals surface area contributed by atoms with Crippen molar-refractivity contribution in [3.05, 3.63) is 0 Å². The molecule has 1 heterocycles. The van der Waals surface area contributed by atoms with E-state index in [0.717, 1.165) is 38.8 Å². The Morgan fingerprint density at radius 2 is 2.06 bits per heavy atom. The van der Waals surface area contributed by atoms with Crippen molar-refractivity contribution in [3.63, 3.8) is 0 Å². The number of ether oxygens (including phenoxy) is 1. The van der Waals surface area contributed by atoms with Gasteiger partial charge < -0.3 is 15.0 Å². The summed E-state index contributed by atoms with van der Waals surface area (Å²) in [6, 6.07) is 0. The van der Waals surface area contributed by atoms with Crippen LogP contribution < -0.4 is 5.32 Å². The molecule has 0 bridgehead atoms. The fraction of sp³-hybridized carbons (Fsp3) is 1.00. The van der Waals surface area contributed by atoms with Crippen molar-refractivity contribution in [1.82, 2.24) is 10.2 Å². The molecule has 3 heteroatoms. The minimum atomic E-state index is 0.443. The second-order valence-electron chi connectivity index (χ2n) is 6.91. The maximum Gasteiger partial charge on any atom is 0.0506 e. The van der Waals surface area contributed by atoms with Crippen molar-refractivity contribution in [3.8, 4) is 0 Å². The van der Waals surface area contributed by atoms with E-state index in [9.17, 15) is 0 Å². The van der Waals surface area contributed by atoms with Gasteiger partial charge in [-0.2, -0.15) is 0 Å². The van der Waals surface area contributed by atoms with E-state index in [1.165, 1.54) is 25.8 Å². The van der Waals surface area contributed by atoms with Crippen LogP contribution in [0, 0.1) is 11.3 Å². The molecule has 1 fully saturated rings. The summed E-state index contributed by atoms with van der Waals surface area (Å²) in [5.41, 5.74) is 0.443. The Morgan fingerprint density at radius 1 is 1.28 bits per heavy atom. The predicted octanol–water partition coefficient (Wildman–Crippen LogP) is 2.37. The van der Waals surface area contributed by atoms with E-state index >= 15 is 0 Å². The molecule has 0 aromatic carbocycles. The summed E-state index contributed by atoms with van der Waals surface area (Å²) >= 11 is 0. The highest BCUT2D eigenvalue weighted by Crippen LogP contribution is 2.17. The van der Waals surface area contributed by atoms with Crippen LogP contribution in [0.3, 0.4) is 0 Å². The van der Waals surface area contributed by atoms with Gasteiger partial charge in [0, 0.05) is 26.2 Å². The zero-order valence-electron chi connectivity index (χ0n) is 12.8. The number of likely N-dealkylation sites (N-methyl/N-ethyl adjacent to an activating group) is 1. The first kappa shape index (κ1) is 15.9. The highest BCUT2D eigenvalue weighted by atomic mass is 16.5. The van der Waals surface area contributed by atoms with E-state index in [2.05, 4.69) is 38.0 Å². The van der Waals surface area contributed by atoms with E-state index in [1.807, 2.05) is 0 Å². The van der Waals surface area contributed by atoms with Gasteiger partial charge in [-0.3, -0.25) is 0 Å². The van der Waals surface area contributed by atoms with Crippen molar-refractivity contribution < 1.29 is 4.74 Å². The van der Waals surface area contributed by atoms with Crippen LogP contribution >= 0.6 is 0 Å². The highest BCUT2D eigenvalue weighted by molar-refractivity contribution is 4.68. The average molecular weight is 256 g/mol. The van der Waals surface area contributed by atoms with Gasteiger partial charge in [-0.1, -0.05) is 20.8 Å². The molecule has 18 heavy (non-hydrogen) atoms. The number of hydrogen-bond acceptors (Lipinski definition) is 3. The summed E-state index contributed by atoms with van der Waals surface area (Å²) in [5, 5.41) is 3.54. The van der Waals surface area contributed by atoms with Gasteiger partial charge in [0.25, 0.3) is 0 Å². The first-order chi connectivity index (χ1) is 8.47. The smallest absolute Gasteiger partial charge is 0.0506 e. The Kier molecular flexibility index (Phi) is 7.20. The number of nitrogens with zero attached hydrogens (tertiary/aromatic N) is 1. The molecule has 1 aliphatic heterocycles. The predicted molar refractivity (Wildman–Crippen MR) is 78.0 cm³/mol. The molecular formula is C15H32N2O. The molecule has 1 rings (SSSR count). The standard InChI is InChI=1S/C15H32N2O/c1-15(2,3)7-8-16-9-10-17(4)12-14-6-5-11-18-13-14/h14,16H,5-13H2,1-4H3. The lowest BCUT2D eigenvalue weighted by molar-refractivity contribution is 0.0422. The molecule has 1 N–H and O–H groups in total. The van der Waals surface area contributed by atoms with Crippen LogP contribution in [0.4, 0.5) is 0 Å². The highest BCUT2D eigenvalue weighted by Gasteiger charge is 2.15. The third-order valence-electron chi connectivity index (χ3n) is 3.55. The molecule has 1 unspecified atom stereocenters. The molecule has 0 amide bonds. The van der Waals surface area contributed by atoms with Gasteiger partial charge in [0.2, 0.25) is 0 Å². The number of nitrogens with one attached hydrogen (secondary N) is 1. The van der Waals surface area contributed by atoms with E-state index in [0.29, 0.717) is 5.41 Å². The Morgan fingerprint density at radius 3 is 2.67 bits per heavy atom. The third kappa shape index (κ3) is 8.06. The van der Waals surface area contributed by atoms with E-state index in [1.54, 1.807) is 0 Å². The first-order valence-electron chi connectivity index (χ1n) is 7.44. The Hall–Kier alpha value is -0.120. The number of rotatable bonds is 7. The Bertz CT molecular complexity index is 207. The molecule has 0 saturated carbocycles. The average Bonchev–Trinajstić information content (AvgIpc) is 2.28. The minimum Gasteiger partial charge on any atom is -0.381 e. The second kappa shape index (κ2) is 8.13. The molecule has 0 aromatic heterocycles. The lowest BCUT2D eigenvalue weighted by Gasteiger charge is -2.27. The van der Waals surface area contributed by atoms with Crippen molar-refractivity contribution >= 4 is 0 Å².